The zero-order valence-electron chi connectivity index (χ0n) is 14.6. The van der Waals surface area contributed by atoms with Crippen molar-refractivity contribution in [1.82, 2.24) is 39.6 Å². The second-order valence-corrected chi connectivity index (χ2v) is 6.19. The van der Waals surface area contributed by atoms with Crippen LogP contribution in [0.15, 0.2) is 30.9 Å². The van der Waals surface area contributed by atoms with Crippen molar-refractivity contribution in [3.8, 4) is 5.82 Å². The molecule has 4 rings (SSSR count). The lowest BCUT2D eigenvalue weighted by atomic mass is 10.3. The molecular formula is C16H19N9O. The number of amides is 1. The summed E-state index contributed by atoms with van der Waals surface area (Å²) in [5.41, 5.74) is 1.31. The quantitative estimate of drug-likeness (QED) is 0.657. The molecule has 0 atom stereocenters. The minimum absolute atomic E-state index is 0.0897. The van der Waals surface area contributed by atoms with Crippen molar-refractivity contribution in [3.63, 3.8) is 0 Å². The summed E-state index contributed by atoms with van der Waals surface area (Å²) in [6, 6.07) is 3.84. The molecule has 1 aliphatic rings. The lowest BCUT2D eigenvalue weighted by Gasteiger charge is -2.35. The van der Waals surface area contributed by atoms with E-state index in [1.165, 1.54) is 4.68 Å². The van der Waals surface area contributed by atoms with Crippen molar-refractivity contribution in [2.24, 2.45) is 7.05 Å². The van der Waals surface area contributed by atoms with Crippen LogP contribution in [-0.4, -0.2) is 71.7 Å². The monoisotopic (exact) mass is 353 g/mol. The second-order valence-electron chi connectivity index (χ2n) is 6.19. The van der Waals surface area contributed by atoms with Gasteiger partial charge in [-0.1, -0.05) is 5.21 Å². The number of nitrogens with zero attached hydrogens (tertiary/aromatic N) is 9. The molecule has 134 valence electrons. The Morgan fingerprint density at radius 1 is 1.12 bits per heavy atom. The average molecular weight is 353 g/mol. The number of carbonyl (C=O) groups is 1. The summed E-state index contributed by atoms with van der Waals surface area (Å²) in [4.78, 5) is 25.0. The average Bonchev–Trinajstić information content (AvgIpc) is 3.30. The van der Waals surface area contributed by atoms with Crippen LogP contribution in [0.1, 0.15) is 16.2 Å². The Labute approximate surface area is 150 Å². The Bertz CT molecular complexity index is 923. The van der Waals surface area contributed by atoms with Gasteiger partial charge in [0.05, 0.1) is 11.9 Å². The van der Waals surface area contributed by atoms with Crippen LogP contribution in [0.5, 0.6) is 0 Å². The van der Waals surface area contributed by atoms with Gasteiger partial charge in [-0.3, -0.25) is 9.48 Å². The molecule has 0 aromatic carbocycles. The van der Waals surface area contributed by atoms with Gasteiger partial charge in [0, 0.05) is 45.5 Å². The van der Waals surface area contributed by atoms with Crippen molar-refractivity contribution in [1.29, 1.82) is 0 Å². The number of aryl methyl sites for hydroxylation is 2. The molecule has 1 aliphatic heterocycles. The van der Waals surface area contributed by atoms with Crippen molar-refractivity contribution in [2.45, 2.75) is 6.92 Å². The molecule has 0 bridgehead atoms. The van der Waals surface area contributed by atoms with Gasteiger partial charge >= 0.3 is 0 Å². The molecule has 0 saturated carbocycles. The molecule has 0 aliphatic carbocycles. The van der Waals surface area contributed by atoms with Gasteiger partial charge in [-0.25, -0.2) is 14.6 Å². The van der Waals surface area contributed by atoms with E-state index >= 15 is 0 Å². The van der Waals surface area contributed by atoms with Crippen LogP contribution >= 0.6 is 0 Å². The van der Waals surface area contributed by atoms with E-state index < -0.39 is 0 Å². The zero-order valence-corrected chi connectivity index (χ0v) is 14.6. The van der Waals surface area contributed by atoms with Crippen LogP contribution in [0.2, 0.25) is 0 Å². The largest absolute Gasteiger partial charge is 0.353 e. The molecule has 0 spiro atoms. The van der Waals surface area contributed by atoms with Crippen LogP contribution in [0.4, 0.5) is 5.82 Å². The highest BCUT2D eigenvalue weighted by atomic mass is 16.2. The van der Waals surface area contributed by atoms with Crippen LogP contribution in [0.25, 0.3) is 5.82 Å². The fourth-order valence-electron chi connectivity index (χ4n) is 2.92. The lowest BCUT2D eigenvalue weighted by molar-refractivity contribution is 0.0740. The molecule has 1 saturated heterocycles. The topological polar surface area (TPSA) is 97.9 Å². The third-order valence-electron chi connectivity index (χ3n) is 4.31. The fourth-order valence-corrected chi connectivity index (χ4v) is 2.92. The highest BCUT2D eigenvalue weighted by Crippen LogP contribution is 2.16. The summed E-state index contributed by atoms with van der Waals surface area (Å²) in [5.74, 6) is 1.46. The maximum absolute atomic E-state index is 12.5. The van der Waals surface area contributed by atoms with Crippen molar-refractivity contribution >= 4 is 11.7 Å². The van der Waals surface area contributed by atoms with E-state index in [1.807, 2.05) is 25.3 Å². The Morgan fingerprint density at radius 3 is 2.54 bits per heavy atom. The van der Waals surface area contributed by atoms with Crippen LogP contribution in [0, 0.1) is 6.92 Å². The number of carbonyl (C=O) groups excluding carboxylic acids is 1. The van der Waals surface area contributed by atoms with E-state index in [4.69, 9.17) is 0 Å². The van der Waals surface area contributed by atoms with E-state index in [9.17, 15) is 4.79 Å². The molecule has 10 heteroatoms. The second kappa shape index (κ2) is 6.54. The molecule has 10 nitrogen and oxygen atoms in total. The predicted octanol–water partition coefficient (Wildman–Crippen LogP) is 0.0616. The summed E-state index contributed by atoms with van der Waals surface area (Å²) in [6.07, 6.45) is 5.05. The maximum Gasteiger partial charge on any atom is 0.276 e. The first-order valence-corrected chi connectivity index (χ1v) is 8.35. The van der Waals surface area contributed by atoms with E-state index in [0.29, 0.717) is 31.9 Å². The fraction of sp³-hybridized carbons (Fsp3) is 0.375. The number of piperazine rings is 1. The van der Waals surface area contributed by atoms with Crippen molar-refractivity contribution in [2.75, 3.05) is 31.1 Å². The van der Waals surface area contributed by atoms with Gasteiger partial charge in [-0.2, -0.15) is 5.10 Å². The third kappa shape index (κ3) is 3.13. The van der Waals surface area contributed by atoms with Gasteiger partial charge in [0.2, 0.25) is 0 Å². The van der Waals surface area contributed by atoms with Gasteiger partial charge in [0.15, 0.2) is 11.5 Å². The maximum atomic E-state index is 12.5. The lowest BCUT2D eigenvalue weighted by Crippen LogP contribution is -2.49. The molecule has 0 radical (unpaired) electrons. The molecule has 3 aromatic heterocycles. The van der Waals surface area contributed by atoms with Crippen LogP contribution in [0.3, 0.4) is 0 Å². The molecule has 0 unspecified atom stereocenters. The SMILES string of the molecule is Cc1ccn(-c2cc(N3CCN(C(=O)c4cn(C)nn4)CC3)ncn2)n1. The molecule has 3 aromatic rings. The molecule has 26 heavy (non-hydrogen) atoms. The summed E-state index contributed by atoms with van der Waals surface area (Å²) in [7, 11) is 1.75. The smallest absolute Gasteiger partial charge is 0.276 e. The van der Waals surface area contributed by atoms with Gasteiger partial charge in [0.1, 0.15) is 12.1 Å². The normalized spacial score (nSPS) is 14.7. The first kappa shape index (κ1) is 16.2. The van der Waals surface area contributed by atoms with Gasteiger partial charge in [-0.05, 0) is 13.0 Å². The van der Waals surface area contributed by atoms with Crippen LogP contribution < -0.4 is 4.90 Å². The number of rotatable bonds is 3. The van der Waals surface area contributed by atoms with Gasteiger partial charge < -0.3 is 9.80 Å². The Balaban J connectivity index is 1.44. The number of aromatic nitrogens is 7. The predicted molar refractivity (Wildman–Crippen MR) is 93.0 cm³/mol. The van der Waals surface area contributed by atoms with E-state index in [0.717, 1.165) is 17.3 Å². The first-order chi connectivity index (χ1) is 12.6. The summed E-state index contributed by atoms with van der Waals surface area (Å²) in [5, 5.41) is 12.1. The molecule has 1 fully saturated rings. The minimum atomic E-state index is -0.0897. The van der Waals surface area contributed by atoms with E-state index in [1.54, 1.807) is 29.2 Å². The molecule has 4 heterocycles. The first-order valence-electron chi connectivity index (χ1n) is 8.35. The Kier molecular flexibility index (Phi) is 4.07. The van der Waals surface area contributed by atoms with E-state index in [2.05, 4.69) is 30.3 Å². The highest BCUT2D eigenvalue weighted by Gasteiger charge is 2.24. The van der Waals surface area contributed by atoms with E-state index in [-0.39, 0.29) is 5.91 Å². The molecule has 1 amide bonds. The minimum Gasteiger partial charge on any atom is -0.353 e. The Morgan fingerprint density at radius 2 is 1.88 bits per heavy atom. The Hall–Kier alpha value is -3.30. The van der Waals surface area contributed by atoms with Crippen molar-refractivity contribution < 1.29 is 4.79 Å². The number of anilines is 1. The van der Waals surface area contributed by atoms with Crippen molar-refractivity contribution in [3.05, 3.63) is 42.2 Å². The summed E-state index contributed by atoms with van der Waals surface area (Å²) >= 11 is 0. The molecular weight excluding hydrogens is 334 g/mol. The summed E-state index contributed by atoms with van der Waals surface area (Å²) in [6.45, 7) is 4.54. The summed E-state index contributed by atoms with van der Waals surface area (Å²) < 4.78 is 3.26. The van der Waals surface area contributed by atoms with Gasteiger partial charge in [-0.15, -0.1) is 5.10 Å². The number of hydrogen-bond donors (Lipinski definition) is 0. The number of hydrogen-bond acceptors (Lipinski definition) is 7. The highest BCUT2D eigenvalue weighted by molar-refractivity contribution is 5.92. The third-order valence-corrected chi connectivity index (χ3v) is 4.31. The standard InChI is InChI=1S/C16H19N9O/c1-12-3-4-25(20-12)15-9-14(17-11-18-15)23-5-7-24(8-6-23)16(26)13-10-22(2)21-19-13/h3-4,9-11H,5-8H2,1-2H3. The zero-order chi connectivity index (χ0) is 18.1. The van der Waals surface area contributed by atoms with Gasteiger partial charge in [0.25, 0.3) is 5.91 Å². The molecule has 0 N–H and O–H groups in total. The van der Waals surface area contributed by atoms with Crippen LogP contribution in [-0.2, 0) is 7.05 Å².